The van der Waals surface area contributed by atoms with E-state index in [-0.39, 0.29) is 37.5 Å². The first-order valence-corrected chi connectivity index (χ1v) is 7.63. The van der Waals surface area contributed by atoms with Crippen LogP contribution in [0.25, 0.3) is 11.4 Å². The minimum Gasteiger partial charge on any atom is -0.512 e. The summed E-state index contributed by atoms with van der Waals surface area (Å²) in [5.41, 5.74) is -1.83. The zero-order chi connectivity index (χ0) is 20.8. The molecule has 10 heteroatoms. The summed E-state index contributed by atoms with van der Waals surface area (Å²) in [6, 6.07) is 2.53. The number of carbonyl (C=O) groups is 1. The van der Waals surface area contributed by atoms with Gasteiger partial charge in [0.1, 0.15) is 0 Å². The van der Waals surface area contributed by atoms with Gasteiger partial charge in [-0.15, -0.1) is 12.1 Å². The quantitative estimate of drug-likeness (QED) is 0.245. The van der Waals surface area contributed by atoms with Crippen LogP contribution in [0.3, 0.4) is 0 Å². The number of hydrogen-bond donors (Lipinski definition) is 1. The number of halogens is 5. The Morgan fingerprint density at radius 1 is 1.21 bits per heavy atom. The maximum atomic E-state index is 13.8. The molecule has 28 heavy (non-hydrogen) atoms. The molecule has 0 saturated heterocycles. The second-order valence-corrected chi connectivity index (χ2v) is 5.36. The van der Waals surface area contributed by atoms with Gasteiger partial charge in [0.15, 0.2) is 5.78 Å². The molecule has 0 aliphatic rings. The predicted octanol–water partition coefficient (Wildman–Crippen LogP) is 4.84. The zero-order valence-corrected chi connectivity index (χ0v) is 17.4. The van der Waals surface area contributed by atoms with Crippen LogP contribution >= 0.6 is 0 Å². The molecular formula is C18H16F5IrN2O2-. The number of alkyl halides is 3. The number of nitrogens with zero attached hydrogens (tertiary/aromatic N) is 2. The van der Waals surface area contributed by atoms with E-state index in [0.717, 1.165) is 5.56 Å². The van der Waals surface area contributed by atoms with E-state index in [4.69, 9.17) is 5.11 Å². The molecule has 1 heterocycles. The standard InChI is InChI=1S/C13H8F5N2.C5H8O2.Ir/c1-2-7-5-19-12(20-6-7)8-3-4-9(14)10(11(8)15)13(16,17)18;1-4(6)3-5(2)7;/h4-6H,2H2,1H3;3,6H,1-2H3;/q-1;;. The third-order valence-electron chi connectivity index (χ3n) is 3.05. The molecule has 0 aliphatic heterocycles. The van der Waals surface area contributed by atoms with E-state index in [1.165, 1.54) is 32.3 Å². The SMILES string of the molecule is CC(=O)C=C(C)O.CCc1cnc(-c2[c-]cc(F)c(C(F)(F)F)c2F)nc1.[Ir]. The average Bonchev–Trinajstić information content (AvgIpc) is 2.53. The molecule has 0 bridgehead atoms. The second kappa shape index (κ2) is 11.0. The van der Waals surface area contributed by atoms with Crippen molar-refractivity contribution in [3.05, 3.63) is 59.1 Å². The number of hydrogen-bond acceptors (Lipinski definition) is 4. The molecule has 0 saturated carbocycles. The predicted molar refractivity (Wildman–Crippen MR) is 87.7 cm³/mol. The topological polar surface area (TPSA) is 63.1 Å². The summed E-state index contributed by atoms with van der Waals surface area (Å²) in [4.78, 5) is 17.5. The molecule has 1 aromatic carbocycles. The number of rotatable bonds is 3. The molecule has 0 spiro atoms. The van der Waals surface area contributed by atoms with Crippen LogP contribution in [0, 0.1) is 17.7 Å². The van der Waals surface area contributed by atoms with Crippen molar-refractivity contribution in [3.8, 4) is 11.4 Å². The van der Waals surface area contributed by atoms with Crippen LogP contribution in [0.2, 0.25) is 0 Å². The van der Waals surface area contributed by atoms with Crippen LogP contribution in [-0.2, 0) is 37.5 Å². The molecule has 2 aromatic rings. The third kappa shape index (κ3) is 7.44. The van der Waals surface area contributed by atoms with Gasteiger partial charge in [-0.05, 0) is 25.8 Å². The fourth-order valence-electron chi connectivity index (χ4n) is 1.88. The van der Waals surface area contributed by atoms with Gasteiger partial charge >= 0.3 is 6.18 Å². The van der Waals surface area contributed by atoms with Crippen molar-refractivity contribution in [1.29, 1.82) is 0 Å². The first-order chi connectivity index (χ1) is 12.5. The molecule has 1 N–H and O–H groups in total. The van der Waals surface area contributed by atoms with Crippen molar-refractivity contribution in [2.24, 2.45) is 0 Å². The van der Waals surface area contributed by atoms with Gasteiger partial charge in [0, 0.05) is 44.1 Å². The number of aliphatic hydroxyl groups is 1. The Bertz CT molecular complexity index is 833. The van der Waals surface area contributed by atoms with Crippen molar-refractivity contribution < 1.29 is 52.0 Å². The molecule has 0 atom stereocenters. The van der Waals surface area contributed by atoms with E-state index in [0.29, 0.717) is 12.5 Å². The molecule has 1 radical (unpaired) electrons. The Kier molecular flexibility index (Phi) is 10.1. The Balaban J connectivity index is 0.000000786. The largest absolute Gasteiger partial charge is 0.512 e. The summed E-state index contributed by atoms with van der Waals surface area (Å²) < 4.78 is 64.7. The van der Waals surface area contributed by atoms with E-state index in [9.17, 15) is 26.7 Å². The summed E-state index contributed by atoms with van der Waals surface area (Å²) >= 11 is 0. The summed E-state index contributed by atoms with van der Waals surface area (Å²) in [5, 5.41) is 8.36. The van der Waals surface area contributed by atoms with Crippen LogP contribution in [0.5, 0.6) is 0 Å². The summed E-state index contributed by atoms with van der Waals surface area (Å²) in [7, 11) is 0. The first-order valence-electron chi connectivity index (χ1n) is 7.63. The van der Waals surface area contributed by atoms with Crippen molar-refractivity contribution in [2.75, 3.05) is 0 Å². The summed E-state index contributed by atoms with van der Waals surface area (Å²) in [6.45, 7) is 4.69. The smallest absolute Gasteiger partial charge is 0.405 e. The zero-order valence-electron chi connectivity index (χ0n) is 15.0. The van der Waals surface area contributed by atoms with Crippen molar-refractivity contribution in [1.82, 2.24) is 9.97 Å². The van der Waals surface area contributed by atoms with E-state index in [1.807, 2.05) is 6.92 Å². The summed E-state index contributed by atoms with van der Waals surface area (Å²) in [5.74, 6) is -3.82. The number of aromatic nitrogens is 2. The second-order valence-electron chi connectivity index (χ2n) is 5.36. The number of benzene rings is 1. The van der Waals surface area contributed by atoms with Crippen molar-refractivity contribution in [3.63, 3.8) is 0 Å². The number of ketones is 1. The molecule has 0 aliphatic carbocycles. The molecule has 0 fully saturated rings. The molecule has 1 aromatic heterocycles. The van der Waals surface area contributed by atoms with Gasteiger partial charge in [-0.2, -0.15) is 13.2 Å². The molecule has 155 valence electrons. The van der Waals surface area contributed by atoms with E-state index >= 15 is 0 Å². The van der Waals surface area contributed by atoms with Gasteiger partial charge in [-0.1, -0.05) is 12.5 Å². The van der Waals surface area contributed by atoms with Gasteiger partial charge in [0.2, 0.25) is 0 Å². The van der Waals surface area contributed by atoms with Crippen molar-refractivity contribution in [2.45, 2.75) is 33.4 Å². The van der Waals surface area contributed by atoms with Gasteiger partial charge in [-0.3, -0.25) is 23.5 Å². The molecule has 0 amide bonds. The monoisotopic (exact) mass is 580 g/mol. The third-order valence-corrected chi connectivity index (χ3v) is 3.05. The van der Waals surface area contributed by atoms with Crippen LogP contribution in [0.4, 0.5) is 22.0 Å². The van der Waals surface area contributed by atoms with Crippen LogP contribution in [0.1, 0.15) is 31.9 Å². The van der Waals surface area contributed by atoms with Crippen molar-refractivity contribution >= 4 is 5.78 Å². The van der Waals surface area contributed by atoms with Crippen LogP contribution < -0.4 is 0 Å². The molecule has 2 rings (SSSR count). The van der Waals surface area contributed by atoms with Gasteiger partial charge in [0.25, 0.3) is 0 Å². The average molecular weight is 580 g/mol. The fraction of sp³-hybridized carbons (Fsp3) is 0.278. The van der Waals surface area contributed by atoms with E-state index < -0.39 is 28.9 Å². The van der Waals surface area contributed by atoms with E-state index in [1.54, 1.807) is 0 Å². The first kappa shape index (κ1) is 25.8. The normalized spacial score (nSPS) is 11.2. The Morgan fingerprint density at radius 3 is 2.11 bits per heavy atom. The summed E-state index contributed by atoms with van der Waals surface area (Å²) in [6.07, 6.45) is -0.608. The van der Waals surface area contributed by atoms with E-state index in [2.05, 4.69) is 16.0 Å². The molecule has 0 unspecified atom stereocenters. The molecule has 4 nitrogen and oxygen atoms in total. The van der Waals surface area contributed by atoms with Gasteiger partial charge < -0.3 is 5.11 Å². The number of aliphatic hydroxyl groups excluding tert-OH is 1. The minimum absolute atomic E-state index is 0. The fourth-order valence-corrected chi connectivity index (χ4v) is 1.88. The Morgan fingerprint density at radius 2 is 1.75 bits per heavy atom. The minimum atomic E-state index is -5.14. The number of allylic oxidation sites excluding steroid dienone is 2. The van der Waals surface area contributed by atoms with Crippen LogP contribution in [0.15, 0.2) is 30.3 Å². The van der Waals surface area contributed by atoms with Gasteiger partial charge in [0.05, 0.1) is 23.2 Å². The maximum Gasteiger partial charge on any atom is 0.405 e. The van der Waals surface area contributed by atoms with Gasteiger partial charge in [-0.25, -0.2) is 0 Å². The van der Waals surface area contributed by atoms with Crippen LogP contribution in [-0.4, -0.2) is 20.9 Å². The molecular weight excluding hydrogens is 563 g/mol. The number of aryl methyl sites for hydroxylation is 1. The Hall–Kier alpha value is -2.19. The maximum absolute atomic E-state index is 13.8. The Labute approximate surface area is 171 Å². The number of carbonyl (C=O) groups excluding carboxylic acids is 1.